The summed E-state index contributed by atoms with van der Waals surface area (Å²) in [5.41, 5.74) is 1.17. The molecule has 1 aliphatic rings. The zero-order valence-electron chi connectivity index (χ0n) is 17.9. The van der Waals surface area contributed by atoms with Crippen LogP contribution in [0.5, 0.6) is 11.5 Å². The Bertz CT molecular complexity index is 858. The van der Waals surface area contributed by atoms with E-state index in [1.807, 2.05) is 24.3 Å². The van der Waals surface area contributed by atoms with Crippen molar-refractivity contribution in [3.05, 3.63) is 59.7 Å². The summed E-state index contributed by atoms with van der Waals surface area (Å²) in [7, 11) is 2.11. The standard InChI is InChI=1S/C24H28N4O3/c1-27-8-11-31-24(18-27)19-28(9-12-29-22-6-2-4-20(14-22)16-25)10-13-30-23-7-3-5-21(15-23)17-26/h2-7,14-15,24H,8-13,18-19H2,1H3/t24-/m0/s1. The minimum Gasteiger partial charge on any atom is -0.492 e. The van der Waals surface area contributed by atoms with Gasteiger partial charge in [-0.05, 0) is 43.4 Å². The molecule has 3 rings (SSSR count). The van der Waals surface area contributed by atoms with Crippen LogP contribution in [0, 0.1) is 22.7 Å². The van der Waals surface area contributed by atoms with E-state index in [-0.39, 0.29) is 6.10 Å². The molecule has 2 aromatic carbocycles. The van der Waals surface area contributed by atoms with Crippen molar-refractivity contribution in [1.29, 1.82) is 10.5 Å². The van der Waals surface area contributed by atoms with Crippen LogP contribution in [-0.4, -0.2) is 75.5 Å². The van der Waals surface area contributed by atoms with Crippen molar-refractivity contribution in [2.24, 2.45) is 0 Å². The Morgan fingerprint density at radius 1 is 1.00 bits per heavy atom. The van der Waals surface area contributed by atoms with Crippen LogP contribution < -0.4 is 9.47 Å². The number of likely N-dealkylation sites (N-methyl/N-ethyl adjacent to an activating group) is 1. The van der Waals surface area contributed by atoms with Crippen LogP contribution in [0.4, 0.5) is 0 Å². The lowest BCUT2D eigenvalue weighted by molar-refractivity contribution is -0.0378. The Balaban J connectivity index is 1.53. The van der Waals surface area contributed by atoms with Gasteiger partial charge in [0.25, 0.3) is 0 Å². The summed E-state index contributed by atoms with van der Waals surface area (Å²) in [5, 5.41) is 18.1. The summed E-state index contributed by atoms with van der Waals surface area (Å²) in [4.78, 5) is 4.55. The molecule has 0 aliphatic carbocycles. The Labute approximate surface area is 184 Å². The Morgan fingerprint density at radius 2 is 1.58 bits per heavy atom. The van der Waals surface area contributed by atoms with Crippen molar-refractivity contribution < 1.29 is 14.2 Å². The van der Waals surface area contributed by atoms with Gasteiger partial charge in [-0.3, -0.25) is 4.90 Å². The van der Waals surface area contributed by atoms with E-state index in [4.69, 9.17) is 24.7 Å². The minimum absolute atomic E-state index is 0.141. The summed E-state index contributed by atoms with van der Waals surface area (Å²) in [5.74, 6) is 1.38. The number of hydrogen-bond acceptors (Lipinski definition) is 7. The van der Waals surface area contributed by atoms with Crippen LogP contribution in [0.25, 0.3) is 0 Å². The molecule has 0 spiro atoms. The number of ether oxygens (including phenoxy) is 3. The first-order chi connectivity index (χ1) is 15.2. The highest BCUT2D eigenvalue weighted by Crippen LogP contribution is 2.14. The molecule has 7 nitrogen and oxygen atoms in total. The van der Waals surface area contributed by atoms with Crippen molar-refractivity contribution in [3.63, 3.8) is 0 Å². The van der Waals surface area contributed by atoms with E-state index in [1.54, 1.807) is 24.3 Å². The van der Waals surface area contributed by atoms with Gasteiger partial charge < -0.3 is 19.1 Å². The molecule has 2 aromatic rings. The van der Waals surface area contributed by atoms with Gasteiger partial charge in [-0.15, -0.1) is 0 Å². The van der Waals surface area contributed by atoms with Crippen LogP contribution in [-0.2, 0) is 4.74 Å². The average molecular weight is 421 g/mol. The van der Waals surface area contributed by atoms with Crippen LogP contribution in [0.2, 0.25) is 0 Å². The maximum atomic E-state index is 9.04. The summed E-state index contributed by atoms with van der Waals surface area (Å²) in [6, 6.07) is 18.6. The molecule has 0 unspecified atom stereocenters. The summed E-state index contributed by atoms with van der Waals surface area (Å²) in [6.45, 7) is 5.80. The molecule has 1 heterocycles. The van der Waals surface area contributed by atoms with Crippen LogP contribution in [0.3, 0.4) is 0 Å². The lowest BCUT2D eigenvalue weighted by Gasteiger charge is -2.33. The average Bonchev–Trinajstić information content (AvgIpc) is 2.79. The molecule has 1 fully saturated rings. The Morgan fingerprint density at radius 3 is 2.10 bits per heavy atom. The van der Waals surface area contributed by atoms with E-state index in [0.29, 0.717) is 48.9 Å². The molecular formula is C24H28N4O3. The predicted molar refractivity (Wildman–Crippen MR) is 117 cm³/mol. The predicted octanol–water partition coefficient (Wildman–Crippen LogP) is 2.52. The number of rotatable bonds is 10. The van der Waals surface area contributed by atoms with Gasteiger partial charge in [-0.2, -0.15) is 10.5 Å². The second-order valence-electron chi connectivity index (χ2n) is 7.53. The number of nitrogens with zero attached hydrogens (tertiary/aromatic N) is 4. The summed E-state index contributed by atoms with van der Waals surface area (Å²) >= 11 is 0. The van der Waals surface area contributed by atoms with E-state index in [9.17, 15) is 0 Å². The van der Waals surface area contributed by atoms with E-state index in [1.165, 1.54) is 0 Å². The molecule has 162 valence electrons. The SMILES string of the molecule is CN1CCO[C@H](CN(CCOc2cccc(C#N)c2)CCOc2cccc(C#N)c2)C1. The highest BCUT2D eigenvalue weighted by atomic mass is 16.5. The van der Waals surface area contributed by atoms with Gasteiger partial charge >= 0.3 is 0 Å². The summed E-state index contributed by atoms with van der Waals surface area (Å²) < 4.78 is 17.7. The van der Waals surface area contributed by atoms with Crippen molar-refractivity contribution in [3.8, 4) is 23.6 Å². The van der Waals surface area contributed by atoms with Gasteiger partial charge in [-0.25, -0.2) is 0 Å². The maximum Gasteiger partial charge on any atom is 0.120 e. The van der Waals surface area contributed by atoms with E-state index in [2.05, 4.69) is 29.0 Å². The third kappa shape index (κ3) is 7.58. The lowest BCUT2D eigenvalue weighted by atomic mass is 10.2. The Hall–Kier alpha value is -3.10. The van der Waals surface area contributed by atoms with E-state index >= 15 is 0 Å². The fourth-order valence-corrected chi connectivity index (χ4v) is 3.46. The minimum atomic E-state index is 0.141. The van der Waals surface area contributed by atoms with Crippen molar-refractivity contribution in [2.45, 2.75) is 6.10 Å². The summed E-state index contributed by atoms with van der Waals surface area (Å²) in [6.07, 6.45) is 0.141. The monoisotopic (exact) mass is 420 g/mol. The first-order valence-corrected chi connectivity index (χ1v) is 10.4. The Kier molecular flexibility index (Phi) is 8.69. The fourth-order valence-electron chi connectivity index (χ4n) is 3.46. The second-order valence-corrected chi connectivity index (χ2v) is 7.53. The largest absolute Gasteiger partial charge is 0.492 e. The van der Waals surface area contributed by atoms with Crippen LogP contribution in [0.15, 0.2) is 48.5 Å². The molecular weight excluding hydrogens is 392 g/mol. The topological polar surface area (TPSA) is 81.8 Å². The maximum absolute atomic E-state index is 9.04. The normalized spacial score (nSPS) is 16.5. The molecule has 0 radical (unpaired) electrons. The zero-order valence-corrected chi connectivity index (χ0v) is 17.9. The molecule has 0 saturated carbocycles. The van der Waals surface area contributed by atoms with E-state index < -0.39 is 0 Å². The van der Waals surface area contributed by atoms with Crippen LogP contribution >= 0.6 is 0 Å². The van der Waals surface area contributed by atoms with Gasteiger partial charge in [0.2, 0.25) is 0 Å². The molecule has 0 amide bonds. The first-order valence-electron chi connectivity index (χ1n) is 10.4. The third-order valence-electron chi connectivity index (χ3n) is 5.08. The third-order valence-corrected chi connectivity index (χ3v) is 5.08. The highest BCUT2D eigenvalue weighted by Gasteiger charge is 2.20. The van der Waals surface area contributed by atoms with Gasteiger partial charge in [0, 0.05) is 32.7 Å². The second kappa shape index (κ2) is 11.9. The molecule has 31 heavy (non-hydrogen) atoms. The van der Waals surface area contributed by atoms with Gasteiger partial charge in [0.05, 0.1) is 36.0 Å². The lowest BCUT2D eigenvalue weighted by Crippen LogP contribution is -2.47. The zero-order chi connectivity index (χ0) is 21.9. The van der Waals surface area contributed by atoms with Gasteiger partial charge in [-0.1, -0.05) is 12.1 Å². The molecule has 1 saturated heterocycles. The number of benzene rings is 2. The molecule has 0 N–H and O–H groups in total. The molecule has 0 bridgehead atoms. The first kappa shape index (κ1) is 22.6. The van der Waals surface area contributed by atoms with Crippen molar-refractivity contribution >= 4 is 0 Å². The molecule has 7 heteroatoms. The van der Waals surface area contributed by atoms with Crippen molar-refractivity contribution in [1.82, 2.24) is 9.80 Å². The fraction of sp³-hybridized carbons (Fsp3) is 0.417. The van der Waals surface area contributed by atoms with Crippen LogP contribution in [0.1, 0.15) is 11.1 Å². The van der Waals surface area contributed by atoms with Gasteiger partial charge in [0.15, 0.2) is 0 Å². The van der Waals surface area contributed by atoms with E-state index in [0.717, 1.165) is 26.2 Å². The van der Waals surface area contributed by atoms with Gasteiger partial charge in [0.1, 0.15) is 24.7 Å². The number of morpholine rings is 1. The number of hydrogen-bond donors (Lipinski definition) is 0. The molecule has 0 aromatic heterocycles. The molecule has 1 aliphatic heterocycles. The molecule has 1 atom stereocenters. The highest BCUT2D eigenvalue weighted by molar-refractivity contribution is 5.36. The number of nitriles is 2. The van der Waals surface area contributed by atoms with Crippen molar-refractivity contribution in [2.75, 3.05) is 59.6 Å². The quantitative estimate of drug-likeness (QED) is 0.584. The smallest absolute Gasteiger partial charge is 0.120 e.